The number of ether oxygens (including phenoxy) is 2. The number of nitrogens with zero attached hydrogens (tertiary/aromatic N) is 1. The first-order valence-corrected chi connectivity index (χ1v) is 9.39. The minimum Gasteiger partial charge on any atom is -0.463 e. The molecule has 1 heterocycles. The maximum absolute atomic E-state index is 12.8. The van der Waals surface area contributed by atoms with Crippen molar-refractivity contribution in [1.82, 2.24) is 10.2 Å². The highest BCUT2D eigenvalue weighted by molar-refractivity contribution is 5.97. The van der Waals surface area contributed by atoms with E-state index in [0.717, 1.165) is 11.1 Å². The molecule has 2 amide bonds. The molecular weight excluding hydrogens is 360 g/mol. The minimum atomic E-state index is -0.455. The Morgan fingerprint density at radius 2 is 2.04 bits per heavy atom. The molecule has 1 aliphatic heterocycles. The molecule has 1 aliphatic rings. The van der Waals surface area contributed by atoms with Gasteiger partial charge in [-0.1, -0.05) is 29.8 Å². The predicted molar refractivity (Wildman–Crippen MR) is 104 cm³/mol. The van der Waals surface area contributed by atoms with E-state index >= 15 is 0 Å². The Morgan fingerprint density at radius 3 is 2.68 bits per heavy atom. The van der Waals surface area contributed by atoms with Crippen molar-refractivity contribution in [2.75, 3.05) is 33.4 Å². The lowest BCUT2D eigenvalue weighted by Gasteiger charge is -2.34. The third kappa shape index (κ3) is 5.19. The second kappa shape index (κ2) is 10.0. The number of amides is 2. The number of hydrogen-bond donors (Lipinski definition) is 1. The Morgan fingerprint density at radius 1 is 1.29 bits per heavy atom. The van der Waals surface area contributed by atoms with Crippen molar-refractivity contribution in [1.29, 1.82) is 0 Å². The van der Waals surface area contributed by atoms with Gasteiger partial charge in [-0.25, -0.2) is 4.79 Å². The van der Waals surface area contributed by atoms with Crippen LogP contribution in [0.1, 0.15) is 37.3 Å². The number of esters is 1. The normalized spacial score (nSPS) is 16.9. The minimum absolute atomic E-state index is 0.111. The van der Waals surface area contributed by atoms with Crippen molar-refractivity contribution >= 4 is 17.8 Å². The fourth-order valence-corrected chi connectivity index (χ4v) is 3.34. The van der Waals surface area contributed by atoms with Crippen LogP contribution in [0.3, 0.4) is 0 Å². The molecule has 2 rings (SSSR count). The van der Waals surface area contributed by atoms with Gasteiger partial charge in [-0.3, -0.25) is 9.59 Å². The van der Waals surface area contributed by atoms with Crippen LogP contribution in [0.5, 0.6) is 0 Å². The molecule has 7 nitrogen and oxygen atoms in total. The van der Waals surface area contributed by atoms with E-state index in [9.17, 15) is 14.4 Å². The van der Waals surface area contributed by atoms with Crippen LogP contribution in [0.4, 0.5) is 0 Å². The van der Waals surface area contributed by atoms with E-state index in [0.29, 0.717) is 24.4 Å². The van der Waals surface area contributed by atoms with Gasteiger partial charge in [0.2, 0.25) is 11.8 Å². The summed E-state index contributed by atoms with van der Waals surface area (Å²) in [5, 5.41) is 2.69. The van der Waals surface area contributed by atoms with E-state index in [1.54, 1.807) is 21.0 Å². The van der Waals surface area contributed by atoms with E-state index in [-0.39, 0.29) is 37.3 Å². The summed E-state index contributed by atoms with van der Waals surface area (Å²) in [4.78, 5) is 39.0. The van der Waals surface area contributed by atoms with Gasteiger partial charge in [0.1, 0.15) is 6.54 Å². The van der Waals surface area contributed by atoms with Gasteiger partial charge >= 0.3 is 5.97 Å². The second-order valence-corrected chi connectivity index (χ2v) is 6.71. The van der Waals surface area contributed by atoms with Crippen molar-refractivity contribution in [3.8, 4) is 0 Å². The molecule has 0 fully saturated rings. The number of aryl methyl sites for hydroxylation is 1. The fourth-order valence-electron chi connectivity index (χ4n) is 3.34. The molecular formula is C21H28N2O5. The molecule has 28 heavy (non-hydrogen) atoms. The summed E-state index contributed by atoms with van der Waals surface area (Å²) in [6.07, 6.45) is 0.111. The summed E-state index contributed by atoms with van der Waals surface area (Å²) in [7, 11) is 1.55. The number of carbonyl (C=O) groups is 3. The van der Waals surface area contributed by atoms with Gasteiger partial charge in [0.05, 0.1) is 18.8 Å². The lowest BCUT2D eigenvalue weighted by Crippen LogP contribution is -2.44. The van der Waals surface area contributed by atoms with Crippen molar-refractivity contribution < 1.29 is 23.9 Å². The monoisotopic (exact) mass is 388 g/mol. The zero-order valence-electron chi connectivity index (χ0n) is 16.9. The van der Waals surface area contributed by atoms with Gasteiger partial charge in [-0.05, 0) is 26.3 Å². The van der Waals surface area contributed by atoms with Crippen molar-refractivity contribution in [3.63, 3.8) is 0 Å². The first-order chi connectivity index (χ1) is 13.4. The summed E-state index contributed by atoms with van der Waals surface area (Å²) in [5.74, 6) is -1.34. The van der Waals surface area contributed by atoms with Crippen LogP contribution in [0.15, 0.2) is 35.5 Å². The largest absolute Gasteiger partial charge is 0.463 e. The summed E-state index contributed by atoms with van der Waals surface area (Å²) in [6.45, 7) is 6.23. The average Bonchev–Trinajstić information content (AvgIpc) is 2.65. The maximum atomic E-state index is 12.8. The van der Waals surface area contributed by atoms with E-state index in [2.05, 4.69) is 5.32 Å². The Bertz CT molecular complexity index is 772. The van der Waals surface area contributed by atoms with Crippen LogP contribution in [0.2, 0.25) is 0 Å². The molecule has 1 N–H and O–H groups in total. The van der Waals surface area contributed by atoms with Gasteiger partial charge in [-0.15, -0.1) is 0 Å². The topological polar surface area (TPSA) is 84.9 Å². The van der Waals surface area contributed by atoms with Crippen LogP contribution in [0, 0.1) is 6.92 Å². The van der Waals surface area contributed by atoms with Gasteiger partial charge in [0.15, 0.2) is 0 Å². The predicted octanol–water partition coefficient (Wildman–Crippen LogP) is 1.91. The highest BCUT2D eigenvalue weighted by Crippen LogP contribution is 2.37. The van der Waals surface area contributed by atoms with Crippen LogP contribution in [-0.4, -0.2) is 56.1 Å². The van der Waals surface area contributed by atoms with E-state index in [4.69, 9.17) is 9.47 Å². The number of nitrogens with one attached hydrogen (secondary N) is 1. The number of rotatable bonds is 8. The third-order valence-corrected chi connectivity index (χ3v) is 4.69. The van der Waals surface area contributed by atoms with Gasteiger partial charge < -0.3 is 19.7 Å². The zero-order chi connectivity index (χ0) is 20.7. The third-order valence-electron chi connectivity index (χ3n) is 4.69. The zero-order valence-corrected chi connectivity index (χ0v) is 16.9. The highest BCUT2D eigenvalue weighted by atomic mass is 16.5. The number of carbonyl (C=O) groups excluding carboxylic acids is 3. The van der Waals surface area contributed by atoms with Gasteiger partial charge in [0, 0.05) is 31.7 Å². The maximum Gasteiger partial charge on any atom is 0.336 e. The first kappa shape index (κ1) is 21.6. The van der Waals surface area contributed by atoms with Crippen LogP contribution in [-0.2, 0) is 23.9 Å². The number of methoxy groups -OCH3 is 1. The molecule has 152 valence electrons. The Kier molecular flexibility index (Phi) is 7.75. The number of allylic oxidation sites excluding steroid dienone is 1. The standard InChI is InChI=1S/C21H28N2O5/c1-5-28-21(26)20-15(3)23(13-18(24)22-9-10-27-4)19(25)12-17(20)16-8-6-7-14(2)11-16/h6-8,11,17H,5,9-10,12-13H2,1-4H3,(H,22,24)/t17-/m0/s1. The molecule has 0 bridgehead atoms. The smallest absolute Gasteiger partial charge is 0.336 e. The van der Waals surface area contributed by atoms with Crippen LogP contribution >= 0.6 is 0 Å². The molecule has 0 unspecified atom stereocenters. The Balaban J connectivity index is 2.35. The SMILES string of the molecule is CCOC(=O)C1=C(C)N(CC(=O)NCCOC)C(=O)C[C@H]1c1cccc(C)c1. The molecule has 0 radical (unpaired) electrons. The Hall–Kier alpha value is -2.67. The van der Waals surface area contributed by atoms with E-state index < -0.39 is 5.97 Å². The first-order valence-electron chi connectivity index (χ1n) is 9.39. The molecule has 1 atom stereocenters. The fraction of sp³-hybridized carbons (Fsp3) is 0.476. The van der Waals surface area contributed by atoms with Crippen molar-refractivity contribution in [2.45, 2.75) is 33.1 Å². The van der Waals surface area contributed by atoms with Gasteiger partial charge in [0.25, 0.3) is 0 Å². The lowest BCUT2D eigenvalue weighted by atomic mass is 9.83. The summed E-state index contributed by atoms with van der Waals surface area (Å²) >= 11 is 0. The summed E-state index contributed by atoms with van der Waals surface area (Å²) in [6, 6.07) is 7.75. The quantitative estimate of drug-likeness (QED) is 0.543. The molecule has 0 spiro atoms. The molecule has 1 aromatic rings. The summed E-state index contributed by atoms with van der Waals surface area (Å²) < 4.78 is 10.2. The number of hydrogen-bond acceptors (Lipinski definition) is 5. The van der Waals surface area contributed by atoms with E-state index in [1.165, 1.54) is 4.90 Å². The highest BCUT2D eigenvalue weighted by Gasteiger charge is 2.37. The number of benzene rings is 1. The van der Waals surface area contributed by atoms with Crippen LogP contribution < -0.4 is 5.32 Å². The lowest BCUT2D eigenvalue weighted by molar-refractivity contribution is -0.141. The van der Waals surface area contributed by atoms with Crippen molar-refractivity contribution in [3.05, 3.63) is 46.7 Å². The summed E-state index contributed by atoms with van der Waals surface area (Å²) in [5.41, 5.74) is 2.82. The molecule has 0 aliphatic carbocycles. The molecule has 0 saturated carbocycles. The molecule has 7 heteroatoms. The van der Waals surface area contributed by atoms with Crippen molar-refractivity contribution in [2.24, 2.45) is 0 Å². The second-order valence-electron chi connectivity index (χ2n) is 6.71. The van der Waals surface area contributed by atoms with E-state index in [1.807, 2.05) is 31.2 Å². The Labute approximate surface area is 165 Å². The molecule has 1 aromatic carbocycles. The molecule has 0 saturated heterocycles. The average molecular weight is 388 g/mol. The van der Waals surface area contributed by atoms with Crippen LogP contribution in [0.25, 0.3) is 0 Å². The van der Waals surface area contributed by atoms with Gasteiger partial charge in [-0.2, -0.15) is 0 Å². The molecule has 0 aromatic heterocycles.